The van der Waals surface area contributed by atoms with Crippen LogP contribution in [0.2, 0.25) is 0 Å². The van der Waals surface area contributed by atoms with Gasteiger partial charge in [-0.3, -0.25) is 0 Å². The van der Waals surface area contributed by atoms with Crippen molar-refractivity contribution in [2.75, 3.05) is 11.5 Å². The fourth-order valence-corrected chi connectivity index (χ4v) is 1.05. The molecule has 0 fully saturated rings. The summed E-state index contributed by atoms with van der Waals surface area (Å²) in [6.07, 6.45) is -0.358. The maximum atomic E-state index is 5.62. The Kier molecular flexibility index (Phi) is 1.66. The van der Waals surface area contributed by atoms with E-state index in [4.69, 9.17) is 11.5 Å². The zero-order valence-corrected chi connectivity index (χ0v) is 6.75. The lowest BCUT2D eigenvalue weighted by molar-refractivity contribution is 0.765. The lowest BCUT2D eigenvalue weighted by atomic mass is 10.1. The molecule has 13 heavy (non-hydrogen) atoms. The first-order valence-corrected chi connectivity index (χ1v) is 3.72. The van der Waals surface area contributed by atoms with Crippen molar-refractivity contribution >= 4 is 11.4 Å². The van der Waals surface area contributed by atoms with Gasteiger partial charge in [0.25, 0.3) is 0 Å². The summed E-state index contributed by atoms with van der Waals surface area (Å²) in [4.78, 5) is 0. The van der Waals surface area contributed by atoms with Crippen molar-refractivity contribution in [1.82, 2.24) is 0 Å². The van der Waals surface area contributed by atoms with E-state index in [0.29, 0.717) is 11.4 Å². The van der Waals surface area contributed by atoms with Crippen LogP contribution in [-0.2, 0) is 0 Å². The van der Waals surface area contributed by atoms with E-state index in [2.05, 4.69) is 20.7 Å². The van der Waals surface area contributed by atoms with Crippen LogP contribution in [0.1, 0.15) is 11.7 Å². The third-order valence-electron chi connectivity index (χ3n) is 1.77. The predicted molar refractivity (Wildman–Crippen MR) is 47.7 cm³/mol. The van der Waals surface area contributed by atoms with E-state index in [1.54, 1.807) is 18.2 Å². The molecule has 6 heteroatoms. The zero-order valence-electron chi connectivity index (χ0n) is 6.75. The molecule has 0 amide bonds. The maximum absolute atomic E-state index is 5.62. The zero-order chi connectivity index (χ0) is 9.26. The summed E-state index contributed by atoms with van der Waals surface area (Å²) in [7, 11) is 0. The van der Waals surface area contributed by atoms with Crippen LogP contribution < -0.4 is 11.5 Å². The van der Waals surface area contributed by atoms with Crippen molar-refractivity contribution in [3.05, 3.63) is 23.8 Å². The lowest BCUT2D eigenvalue weighted by Crippen LogP contribution is -1.97. The highest BCUT2D eigenvalue weighted by molar-refractivity contribution is 5.64. The molecule has 0 bridgehead atoms. The van der Waals surface area contributed by atoms with Crippen LogP contribution in [0.25, 0.3) is 0 Å². The molecule has 1 aromatic rings. The van der Waals surface area contributed by atoms with Gasteiger partial charge >= 0.3 is 0 Å². The molecule has 0 radical (unpaired) electrons. The van der Waals surface area contributed by atoms with Crippen molar-refractivity contribution in [3.8, 4) is 0 Å². The van der Waals surface area contributed by atoms with Gasteiger partial charge in [0, 0.05) is 5.56 Å². The Labute approximate surface area is 74.3 Å². The van der Waals surface area contributed by atoms with Crippen LogP contribution in [0, 0.1) is 0 Å². The smallest absolute Gasteiger partial charge is 0.210 e. The Balaban J connectivity index is 2.36. The third-order valence-corrected chi connectivity index (χ3v) is 1.77. The highest BCUT2D eigenvalue weighted by atomic mass is 15.6. The molecule has 0 spiro atoms. The summed E-state index contributed by atoms with van der Waals surface area (Å²) in [5.41, 5.74) is 13.1. The summed E-state index contributed by atoms with van der Waals surface area (Å²) in [6.45, 7) is 0. The lowest BCUT2D eigenvalue weighted by Gasteiger charge is -2.04. The van der Waals surface area contributed by atoms with Crippen LogP contribution in [-0.4, -0.2) is 0 Å². The van der Waals surface area contributed by atoms with Gasteiger partial charge in [-0.25, -0.2) is 0 Å². The Morgan fingerprint density at radius 3 is 2.31 bits per heavy atom. The Hall–Kier alpha value is -1.98. The molecule has 2 rings (SSSR count). The van der Waals surface area contributed by atoms with Gasteiger partial charge in [0.2, 0.25) is 6.17 Å². The summed E-state index contributed by atoms with van der Waals surface area (Å²) in [5.74, 6) is 0. The molecule has 6 nitrogen and oxygen atoms in total. The Morgan fingerprint density at radius 1 is 1.00 bits per heavy atom. The number of rotatable bonds is 1. The molecule has 1 aliphatic rings. The average Bonchev–Trinajstić information content (AvgIpc) is 2.62. The minimum Gasteiger partial charge on any atom is -0.397 e. The largest absolute Gasteiger partial charge is 0.397 e. The van der Waals surface area contributed by atoms with Crippen LogP contribution in [0.5, 0.6) is 0 Å². The normalized spacial score (nSPS) is 15.4. The SMILES string of the molecule is Nc1ccc(C2N=NN=N2)cc1N. The highest BCUT2D eigenvalue weighted by Gasteiger charge is 2.12. The summed E-state index contributed by atoms with van der Waals surface area (Å²) >= 11 is 0. The molecule has 0 unspecified atom stereocenters. The number of benzene rings is 1. The van der Waals surface area contributed by atoms with Gasteiger partial charge < -0.3 is 11.5 Å². The molecule has 0 saturated heterocycles. The van der Waals surface area contributed by atoms with Crippen molar-refractivity contribution in [1.29, 1.82) is 0 Å². The standard InChI is InChI=1S/C7H8N6/c8-5-2-1-4(3-6(5)9)7-10-12-13-11-7/h1-3,7H,8-9H2. The average molecular weight is 176 g/mol. The second kappa shape index (κ2) is 2.81. The monoisotopic (exact) mass is 176 g/mol. The van der Waals surface area contributed by atoms with Crippen molar-refractivity contribution in [2.24, 2.45) is 20.7 Å². The molecular formula is C7H8N6. The van der Waals surface area contributed by atoms with Crippen LogP contribution in [0.4, 0.5) is 11.4 Å². The Bertz CT molecular complexity index is 371. The predicted octanol–water partition coefficient (Wildman–Crippen LogP) is 1.68. The first-order chi connectivity index (χ1) is 6.27. The van der Waals surface area contributed by atoms with Gasteiger partial charge in [-0.1, -0.05) is 6.07 Å². The fourth-order valence-electron chi connectivity index (χ4n) is 1.05. The molecule has 1 heterocycles. The third kappa shape index (κ3) is 1.33. The summed E-state index contributed by atoms with van der Waals surface area (Å²) in [5, 5.41) is 14.4. The first kappa shape index (κ1) is 7.66. The molecule has 0 aromatic heterocycles. The second-order valence-electron chi connectivity index (χ2n) is 2.67. The van der Waals surface area contributed by atoms with E-state index >= 15 is 0 Å². The van der Waals surface area contributed by atoms with Gasteiger partial charge in [-0.05, 0) is 22.6 Å². The van der Waals surface area contributed by atoms with Crippen LogP contribution in [0.3, 0.4) is 0 Å². The minimum absolute atomic E-state index is 0.358. The first-order valence-electron chi connectivity index (χ1n) is 3.72. The van der Waals surface area contributed by atoms with Crippen LogP contribution in [0.15, 0.2) is 38.9 Å². The minimum atomic E-state index is -0.358. The van der Waals surface area contributed by atoms with Crippen molar-refractivity contribution < 1.29 is 0 Å². The van der Waals surface area contributed by atoms with Crippen molar-refractivity contribution in [3.63, 3.8) is 0 Å². The number of hydrogen-bond acceptors (Lipinski definition) is 6. The topological polar surface area (TPSA) is 101 Å². The molecular weight excluding hydrogens is 168 g/mol. The number of nitrogens with zero attached hydrogens (tertiary/aromatic N) is 4. The summed E-state index contributed by atoms with van der Waals surface area (Å²) in [6, 6.07) is 5.25. The van der Waals surface area contributed by atoms with E-state index in [-0.39, 0.29) is 6.17 Å². The number of nitrogens with two attached hydrogens (primary N) is 2. The van der Waals surface area contributed by atoms with E-state index in [1.165, 1.54) is 0 Å². The maximum Gasteiger partial charge on any atom is 0.210 e. The molecule has 66 valence electrons. The van der Waals surface area contributed by atoms with E-state index < -0.39 is 0 Å². The second-order valence-corrected chi connectivity index (χ2v) is 2.67. The van der Waals surface area contributed by atoms with Crippen molar-refractivity contribution in [2.45, 2.75) is 6.17 Å². The molecule has 0 saturated carbocycles. The molecule has 4 N–H and O–H groups in total. The Morgan fingerprint density at radius 2 is 1.69 bits per heavy atom. The van der Waals surface area contributed by atoms with Gasteiger partial charge in [0.15, 0.2) is 0 Å². The van der Waals surface area contributed by atoms with Gasteiger partial charge in [-0.2, -0.15) is 0 Å². The molecule has 0 aliphatic carbocycles. The van der Waals surface area contributed by atoms with Gasteiger partial charge in [0.05, 0.1) is 11.4 Å². The molecule has 0 atom stereocenters. The van der Waals surface area contributed by atoms with Gasteiger partial charge in [-0.15, -0.1) is 10.2 Å². The number of nitrogen functional groups attached to an aromatic ring is 2. The van der Waals surface area contributed by atoms with E-state index in [1.807, 2.05) is 0 Å². The van der Waals surface area contributed by atoms with Gasteiger partial charge in [0.1, 0.15) is 0 Å². The highest BCUT2D eigenvalue weighted by Crippen LogP contribution is 2.27. The molecule has 1 aliphatic heterocycles. The quantitative estimate of drug-likeness (QED) is 0.636. The van der Waals surface area contributed by atoms with E-state index in [0.717, 1.165) is 5.56 Å². The number of anilines is 2. The molecule has 1 aromatic carbocycles. The summed E-state index contributed by atoms with van der Waals surface area (Å²) < 4.78 is 0. The van der Waals surface area contributed by atoms with Crippen LogP contribution >= 0.6 is 0 Å². The number of hydrogen-bond donors (Lipinski definition) is 2. The van der Waals surface area contributed by atoms with E-state index in [9.17, 15) is 0 Å². The fraction of sp³-hybridized carbons (Fsp3) is 0.143.